The van der Waals surface area contributed by atoms with Crippen LogP contribution < -0.4 is 51.4 Å². The van der Waals surface area contributed by atoms with Crippen LogP contribution in [0.4, 0.5) is 0 Å². The fourth-order valence-corrected chi connectivity index (χ4v) is 0. The van der Waals surface area contributed by atoms with Crippen molar-refractivity contribution in [2.24, 2.45) is 0 Å². The predicted molar refractivity (Wildman–Crippen MR) is 29.9 cm³/mol. The van der Waals surface area contributed by atoms with Crippen molar-refractivity contribution in [3.63, 3.8) is 0 Å². The van der Waals surface area contributed by atoms with Crippen LogP contribution in [0.15, 0.2) is 0 Å². The Labute approximate surface area is 131 Å². The van der Waals surface area contributed by atoms with Crippen LogP contribution in [0.1, 0.15) is 4.28 Å². The second kappa shape index (κ2) is 16.0. The van der Waals surface area contributed by atoms with Gasteiger partial charge in [0.05, 0.1) is 0 Å². The fourth-order valence-electron chi connectivity index (χ4n) is 0. The minimum atomic E-state index is -3.13. The van der Waals surface area contributed by atoms with E-state index < -0.39 is 9.17 Å². The van der Waals surface area contributed by atoms with Gasteiger partial charge in [-0.15, -0.1) is 0 Å². The van der Waals surface area contributed by atoms with Crippen molar-refractivity contribution in [1.82, 2.24) is 0 Å². The third kappa shape index (κ3) is 48.4. The van der Waals surface area contributed by atoms with E-state index in [1.54, 1.807) is 0 Å². The van der Waals surface area contributed by atoms with E-state index >= 15 is 0 Å². The van der Waals surface area contributed by atoms with Gasteiger partial charge in [-0.3, -0.25) is 4.46 Å². The topological polar surface area (TPSA) is 57.5 Å². The molecule has 0 saturated heterocycles. The summed E-state index contributed by atoms with van der Waals surface area (Å²) in [6.45, 7) is 0. The van der Waals surface area contributed by atoms with Gasteiger partial charge in [-0.05, 0) is 0 Å². The molecule has 0 atom stereocenters. The first-order valence-electron chi connectivity index (χ1n) is 0.651. The molecule has 3 nitrogen and oxygen atoms in total. The molecule has 0 spiro atoms. The second-order valence-electron chi connectivity index (χ2n) is 0.283. The zero-order valence-electron chi connectivity index (χ0n) is 6.51. The van der Waals surface area contributed by atoms with Crippen LogP contribution in [-0.2, 0) is 4.46 Å². The van der Waals surface area contributed by atoms with Crippen LogP contribution in [0.3, 0.4) is 0 Å². The summed E-state index contributed by atoms with van der Waals surface area (Å²) in [5.74, 6) is 0. The van der Waals surface area contributed by atoms with Crippen LogP contribution in [-0.4, -0.2) is 73.9 Å². The van der Waals surface area contributed by atoms with E-state index in [0.29, 0.717) is 0 Å². The zero-order valence-corrected chi connectivity index (χ0v) is 9.84. The maximum Gasteiger partial charge on any atom is 2.00 e. The third-order valence-corrected chi connectivity index (χ3v) is 0. The first-order valence-corrected chi connectivity index (χ1v) is 1.95. The Hall–Kier alpha value is 3.05. The molecule has 2 N–H and O–H groups in total. The van der Waals surface area contributed by atoms with Crippen molar-refractivity contribution < 1.29 is 69.7 Å². The molecule has 0 fully saturated rings. The molecule has 0 aliphatic rings. The third-order valence-electron chi connectivity index (χ3n) is 0. The average molecular weight is 190 g/mol. The summed E-state index contributed by atoms with van der Waals surface area (Å²) in [7, 11) is -3.13. The van der Waals surface area contributed by atoms with E-state index in [2.05, 4.69) is 0 Å². The Morgan fingerprint density at radius 1 is 1.43 bits per heavy atom. The van der Waals surface area contributed by atoms with Crippen LogP contribution in [0.5, 0.6) is 0 Å². The van der Waals surface area contributed by atoms with Crippen LogP contribution in [0.25, 0.3) is 0 Å². The number of hydrogen-bond acceptors (Lipinski definition) is 1. The molecule has 0 heterocycles. The monoisotopic (exact) mass is 190 g/mol. The quantitative estimate of drug-likeness (QED) is 0.374. The molecule has 0 aromatic rings. The van der Waals surface area contributed by atoms with Crippen molar-refractivity contribution in [3.8, 4) is 0 Å². The molecule has 7 heavy (non-hydrogen) atoms. The predicted octanol–water partition coefficient (Wildman–Crippen LogP) is -5.84. The maximum atomic E-state index is 8.74. The first-order chi connectivity index (χ1) is 1.73. The molecule has 0 amide bonds. The fraction of sp³-hybridized carbons (Fsp3) is 0. The van der Waals surface area contributed by atoms with Crippen molar-refractivity contribution in [1.29, 1.82) is 0 Å². The molecule has 0 aromatic carbocycles. The Kier molecular flexibility index (Phi) is 51.5. The van der Waals surface area contributed by atoms with Crippen LogP contribution >= 0.6 is 0 Å². The SMILES string of the molecule is O=[Si](O)O.[AlH3].[Ca+2].[H-].[H-].[H-].[K+]. The normalized spacial score (nSPS) is 3.43. The van der Waals surface area contributed by atoms with Crippen LogP contribution in [0.2, 0.25) is 0 Å². The molecule has 0 unspecified atom stereocenters. The van der Waals surface area contributed by atoms with Gasteiger partial charge >= 0.3 is 98.3 Å². The standard InChI is InChI=1S/Al.Ca.K.H2O3Si.6H/c;;;1-4(2)3;;;;;;/h;;;1-2H;;;;;;/q;+2;+1;;;;;3*-1. The molecule has 7 heteroatoms. The van der Waals surface area contributed by atoms with Gasteiger partial charge in [0.1, 0.15) is 0 Å². The van der Waals surface area contributed by atoms with Gasteiger partial charge in [0.2, 0.25) is 0 Å². The average Bonchev–Trinajstić information content (AvgIpc) is 0.811. The molecule has 0 bridgehead atoms. The Morgan fingerprint density at radius 3 is 1.43 bits per heavy atom. The second-order valence-corrected chi connectivity index (χ2v) is 0.848. The Bertz CT molecular complexity index is 46.7. The summed E-state index contributed by atoms with van der Waals surface area (Å²) in [5.41, 5.74) is 0. The van der Waals surface area contributed by atoms with Crippen LogP contribution in [0, 0.1) is 0 Å². The van der Waals surface area contributed by atoms with E-state index in [-0.39, 0.29) is 111 Å². The van der Waals surface area contributed by atoms with Gasteiger partial charge in [-0.2, -0.15) is 0 Å². The maximum absolute atomic E-state index is 8.74. The van der Waals surface area contributed by atoms with Crippen molar-refractivity contribution >= 4 is 64.3 Å². The molecular formula is H8AlCaKO3Si. The minimum absolute atomic E-state index is 0. The molecule has 0 aromatic heterocycles. The summed E-state index contributed by atoms with van der Waals surface area (Å²) >= 11 is 0. The summed E-state index contributed by atoms with van der Waals surface area (Å²) in [5, 5.41) is 0. The molecule has 0 aliphatic carbocycles. The first kappa shape index (κ1) is 22.5. The van der Waals surface area contributed by atoms with Gasteiger partial charge in [-0.25, -0.2) is 0 Å². The van der Waals surface area contributed by atoms with Gasteiger partial charge in [0.25, 0.3) is 0 Å². The van der Waals surface area contributed by atoms with Gasteiger partial charge in [0, 0.05) is 0 Å². The largest absolute Gasteiger partial charge is 2.00 e. The molecular weight excluding hydrogens is 182 g/mol. The molecule has 0 radical (unpaired) electrons. The van der Waals surface area contributed by atoms with Crippen molar-refractivity contribution in [2.45, 2.75) is 0 Å². The summed E-state index contributed by atoms with van der Waals surface area (Å²) < 4.78 is 8.74. The smallest absolute Gasteiger partial charge is 1.00 e. The molecule has 0 saturated carbocycles. The molecule has 0 aliphatic heterocycles. The number of hydrogen-bond donors (Lipinski definition) is 2. The number of rotatable bonds is 0. The van der Waals surface area contributed by atoms with E-state index in [1.165, 1.54) is 0 Å². The van der Waals surface area contributed by atoms with Crippen molar-refractivity contribution in [2.75, 3.05) is 0 Å². The van der Waals surface area contributed by atoms with Gasteiger partial charge in [-0.1, -0.05) is 0 Å². The minimum Gasteiger partial charge on any atom is -1.00 e. The Balaban J connectivity index is -0.00000000300. The van der Waals surface area contributed by atoms with E-state index in [9.17, 15) is 0 Å². The summed E-state index contributed by atoms with van der Waals surface area (Å²) in [4.78, 5) is 14.3. The van der Waals surface area contributed by atoms with E-state index in [1.807, 2.05) is 0 Å². The molecule has 36 valence electrons. The Morgan fingerprint density at radius 2 is 1.43 bits per heavy atom. The zero-order chi connectivity index (χ0) is 3.58. The summed E-state index contributed by atoms with van der Waals surface area (Å²) in [6, 6.07) is 0. The molecule has 0 rings (SSSR count). The van der Waals surface area contributed by atoms with Gasteiger partial charge in [0.15, 0.2) is 17.4 Å². The van der Waals surface area contributed by atoms with Crippen molar-refractivity contribution in [3.05, 3.63) is 0 Å². The van der Waals surface area contributed by atoms with E-state index in [0.717, 1.165) is 0 Å². The van der Waals surface area contributed by atoms with Gasteiger partial charge < -0.3 is 13.9 Å². The summed E-state index contributed by atoms with van der Waals surface area (Å²) in [6.07, 6.45) is 0. The van der Waals surface area contributed by atoms with E-state index in [4.69, 9.17) is 14.1 Å².